The van der Waals surface area contributed by atoms with Gasteiger partial charge in [0.25, 0.3) is 0 Å². The Morgan fingerprint density at radius 3 is 1.91 bits per heavy atom. The smallest absolute Gasteiger partial charge is 0.0713 e. The van der Waals surface area contributed by atoms with Crippen LogP contribution in [-0.2, 0) is 5.41 Å². The second kappa shape index (κ2) is 9.29. The summed E-state index contributed by atoms with van der Waals surface area (Å²) in [6.07, 6.45) is 0. The molecule has 0 bridgehead atoms. The van der Waals surface area contributed by atoms with E-state index in [9.17, 15) is 0 Å². The fraction of sp³-hybridized carbons (Fsp3) is 0.0244. The summed E-state index contributed by atoms with van der Waals surface area (Å²) in [4.78, 5) is 0. The Morgan fingerprint density at radius 2 is 1.12 bits per heavy atom. The summed E-state index contributed by atoms with van der Waals surface area (Å²) in [5.74, 6) is 0. The highest BCUT2D eigenvalue weighted by Crippen LogP contribution is 2.56. The van der Waals surface area contributed by atoms with Crippen LogP contribution < -0.4 is 0 Å². The van der Waals surface area contributed by atoms with Crippen molar-refractivity contribution >= 4 is 48.5 Å². The Kier molecular flexibility index (Phi) is 5.33. The number of hydrogen-bond donors (Lipinski definition) is 0. The molecule has 1 aliphatic rings. The maximum Gasteiger partial charge on any atom is 0.0713 e. The van der Waals surface area contributed by atoms with Gasteiger partial charge in [-0.15, -0.1) is 0 Å². The average Bonchev–Trinajstić information content (AvgIpc) is 3.56. The highest BCUT2D eigenvalue weighted by Gasteiger charge is 2.46. The van der Waals surface area contributed by atoms with Gasteiger partial charge in [-0.3, -0.25) is 0 Å². The predicted molar refractivity (Wildman–Crippen MR) is 183 cm³/mol. The molecule has 0 unspecified atom stereocenters. The zero-order chi connectivity index (χ0) is 28.5. The van der Waals surface area contributed by atoms with Gasteiger partial charge in [0, 0.05) is 26.3 Å². The minimum atomic E-state index is -0.399. The van der Waals surface area contributed by atoms with Crippen molar-refractivity contribution in [2.45, 2.75) is 5.41 Å². The average molecular weight is 613 g/mol. The zero-order valence-corrected chi connectivity index (χ0v) is 24.9. The quantitative estimate of drug-likeness (QED) is 0.187. The molecular formula is C41H26BrN. The topological polar surface area (TPSA) is 4.93 Å². The summed E-state index contributed by atoms with van der Waals surface area (Å²) in [7, 11) is 0. The third-order valence-electron chi connectivity index (χ3n) is 9.32. The Balaban J connectivity index is 1.41. The van der Waals surface area contributed by atoms with Gasteiger partial charge in [0.2, 0.25) is 0 Å². The largest absolute Gasteiger partial charge is 0.309 e. The minimum absolute atomic E-state index is 0.399. The maximum absolute atomic E-state index is 3.77. The SMILES string of the molecule is Brc1ccc2c3ccc4ccccc4c3n(-c3ccc4c(c3)-c3ccccc3C4(c3ccccc3)c3ccccc3)c2c1. The second-order valence-electron chi connectivity index (χ2n) is 11.4. The summed E-state index contributed by atoms with van der Waals surface area (Å²) in [6, 6.07) is 58.0. The van der Waals surface area contributed by atoms with Gasteiger partial charge in [0.1, 0.15) is 0 Å². The molecule has 1 aliphatic carbocycles. The summed E-state index contributed by atoms with van der Waals surface area (Å²) in [5, 5.41) is 5.03. The molecule has 202 valence electrons. The first-order valence-electron chi connectivity index (χ1n) is 14.7. The van der Waals surface area contributed by atoms with E-state index >= 15 is 0 Å². The molecule has 0 amide bonds. The van der Waals surface area contributed by atoms with Crippen molar-refractivity contribution in [3.8, 4) is 16.8 Å². The highest BCUT2D eigenvalue weighted by molar-refractivity contribution is 9.10. The Morgan fingerprint density at radius 1 is 0.465 bits per heavy atom. The van der Waals surface area contributed by atoms with Crippen molar-refractivity contribution in [3.63, 3.8) is 0 Å². The molecule has 1 aromatic heterocycles. The maximum atomic E-state index is 3.77. The molecule has 0 saturated heterocycles. The van der Waals surface area contributed by atoms with E-state index < -0.39 is 5.41 Å². The fourth-order valence-corrected chi connectivity index (χ4v) is 7.94. The highest BCUT2D eigenvalue weighted by atomic mass is 79.9. The van der Waals surface area contributed by atoms with E-state index in [0.29, 0.717) is 0 Å². The number of halogens is 1. The number of benzene rings is 7. The Hall–Kier alpha value is -4.92. The molecule has 1 heterocycles. The van der Waals surface area contributed by atoms with Crippen molar-refractivity contribution in [1.29, 1.82) is 0 Å². The lowest BCUT2D eigenvalue weighted by atomic mass is 9.68. The Bertz CT molecular complexity index is 2310. The van der Waals surface area contributed by atoms with Gasteiger partial charge < -0.3 is 4.57 Å². The van der Waals surface area contributed by atoms with E-state index in [0.717, 1.165) is 4.47 Å². The van der Waals surface area contributed by atoms with Crippen LogP contribution in [0.2, 0.25) is 0 Å². The van der Waals surface area contributed by atoms with E-state index in [-0.39, 0.29) is 0 Å². The molecular weight excluding hydrogens is 586 g/mol. The molecule has 0 fully saturated rings. The van der Waals surface area contributed by atoms with Crippen molar-refractivity contribution < 1.29 is 0 Å². The van der Waals surface area contributed by atoms with Crippen LogP contribution in [0.1, 0.15) is 22.3 Å². The predicted octanol–water partition coefficient (Wildman–Crippen LogP) is 11.1. The molecule has 8 aromatic rings. The van der Waals surface area contributed by atoms with Crippen molar-refractivity contribution in [1.82, 2.24) is 4.57 Å². The fourth-order valence-electron chi connectivity index (χ4n) is 7.60. The van der Waals surface area contributed by atoms with E-state index in [2.05, 4.69) is 178 Å². The van der Waals surface area contributed by atoms with Gasteiger partial charge >= 0.3 is 0 Å². The lowest BCUT2D eigenvalue weighted by molar-refractivity contribution is 0.768. The van der Waals surface area contributed by atoms with Crippen molar-refractivity contribution in [2.75, 3.05) is 0 Å². The van der Waals surface area contributed by atoms with Crippen LogP contribution >= 0.6 is 15.9 Å². The van der Waals surface area contributed by atoms with Crippen LogP contribution in [0.25, 0.3) is 49.4 Å². The second-order valence-corrected chi connectivity index (χ2v) is 12.4. The molecule has 0 spiro atoms. The summed E-state index contributed by atoms with van der Waals surface area (Å²) < 4.78 is 3.54. The summed E-state index contributed by atoms with van der Waals surface area (Å²) in [6.45, 7) is 0. The third-order valence-corrected chi connectivity index (χ3v) is 9.81. The number of rotatable bonds is 3. The van der Waals surface area contributed by atoms with Crippen LogP contribution in [0.5, 0.6) is 0 Å². The van der Waals surface area contributed by atoms with Gasteiger partial charge in [0.05, 0.1) is 16.4 Å². The molecule has 0 N–H and O–H groups in total. The van der Waals surface area contributed by atoms with Gasteiger partial charge in [-0.05, 0) is 63.0 Å². The first-order valence-corrected chi connectivity index (χ1v) is 15.5. The first kappa shape index (κ1) is 24.7. The zero-order valence-electron chi connectivity index (χ0n) is 23.3. The van der Waals surface area contributed by atoms with Crippen LogP contribution in [0.4, 0.5) is 0 Å². The van der Waals surface area contributed by atoms with Gasteiger partial charge in [-0.2, -0.15) is 0 Å². The van der Waals surface area contributed by atoms with Crippen LogP contribution in [0.3, 0.4) is 0 Å². The lowest BCUT2D eigenvalue weighted by Crippen LogP contribution is -2.28. The van der Waals surface area contributed by atoms with Gasteiger partial charge in [0.15, 0.2) is 0 Å². The monoisotopic (exact) mass is 611 g/mol. The molecule has 0 aliphatic heterocycles. The van der Waals surface area contributed by atoms with E-state index in [1.165, 1.54) is 71.6 Å². The van der Waals surface area contributed by atoms with Gasteiger partial charge in [-0.1, -0.05) is 149 Å². The van der Waals surface area contributed by atoms with Crippen LogP contribution in [0.15, 0.2) is 162 Å². The summed E-state index contributed by atoms with van der Waals surface area (Å²) in [5.41, 5.74) is 11.0. The molecule has 0 saturated carbocycles. The summed E-state index contributed by atoms with van der Waals surface area (Å²) >= 11 is 3.77. The minimum Gasteiger partial charge on any atom is -0.309 e. The number of hydrogen-bond acceptors (Lipinski definition) is 0. The Labute approximate surface area is 258 Å². The molecule has 9 rings (SSSR count). The molecule has 0 radical (unpaired) electrons. The molecule has 2 heteroatoms. The molecule has 43 heavy (non-hydrogen) atoms. The van der Waals surface area contributed by atoms with Crippen molar-refractivity contribution in [3.05, 3.63) is 184 Å². The van der Waals surface area contributed by atoms with Crippen LogP contribution in [-0.4, -0.2) is 4.57 Å². The molecule has 7 aromatic carbocycles. The normalized spacial score (nSPS) is 13.4. The van der Waals surface area contributed by atoms with E-state index in [1.807, 2.05) is 0 Å². The number of nitrogens with zero attached hydrogens (tertiary/aromatic N) is 1. The third kappa shape index (κ3) is 3.39. The number of fused-ring (bicyclic) bond motifs is 8. The number of aromatic nitrogens is 1. The van der Waals surface area contributed by atoms with Crippen molar-refractivity contribution in [2.24, 2.45) is 0 Å². The van der Waals surface area contributed by atoms with E-state index in [1.54, 1.807) is 0 Å². The first-order chi connectivity index (χ1) is 21.2. The van der Waals surface area contributed by atoms with E-state index in [4.69, 9.17) is 0 Å². The standard InChI is InChI=1S/C41H26BrN/c42-30-20-23-34-35-22-19-27-11-7-8-16-32(27)40(35)43(39(34)25-30)31-21-24-38-36(26-31)33-17-9-10-18-37(33)41(38,28-12-3-1-4-13-28)29-14-5-2-6-15-29/h1-26H. The molecule has 0 atom stereocenters. The van der Waals surface area contributed by atoms with Gasteiger partial charge in [-0.25, -0.2) is 0 Å². The lowest BCUT2D eigenvalue weighted by Gasteiger charge is -2.33. The molecule has 1 nitrogen and oxygen atoms in total. The van der Waals surface area contributed by atoms with Crippen LogP contribution in [0, 0.1) is 0 Å².